The van der Waals surface area contributed by atoms with Crippen molar-refractivity contribution in [2.24, 2.45) is 5.92 Å². The smallest absolute Gasteiger partial charge is 0.276 e. The number of hydrogen-bond donors (Lipinski definition) is 0. The standard InChI is InChI=1S/C11H16ClN3O2/c1-4-14(7-8(2)3)11-6-9(15(16)17)5-10(12)13-11/h5-6,8H,4,7H2,1-3H3. The fraction of sp³-hybridized carbons (Fsp3) is 0.545. The van der Waals surface area contributed by atoms with Gasteiger partial charge < -0.3 is 4.90 Å². The van der Waals surface area contributed by atoms with Gasteiger partial charge in [0, 0.05) is 13.1 Å². The number of halogens is 1. The highest BCUT2D eigenvalue weighted by Gasteiger charge is 2.14. The van der Waals surface area contributed by atoms with Gasteiger partial charge in [0.2, 0.25) is 0 Å². The summed E-state index contributed by atoms with van der Waals surface area (Å²) in [6, 6.07) is 2.71. The summed E-state index contributed by atoms with van der Waals surface area (Å²) in [4.78, 5) is 16.4. The second kappa shape index (κ2) is 5.82. The Morgan fingerprint density at radius 2 is 2.18 bits per heavy atom. The van der Waals surface area contributed by atoms with E-state index in [0.29, 0.717) is 11.7 Å². The van der Waals surface area contributed by atoms with Crippen LogP contribution in [0.1, 0.15) is 20.8 Å². The molecule has 17 heavy (non-hydrogen) atoms. The molecule has 0 saturated carbocycles. The van der Waals surface area contributed by atoms with Crippen molar-refractivity contribution in [3.05, 3.63) is 27.4 Å². The number of rotatable bonds is 5. The Bertz CT molecular complexity index is 410. The number of pyridine rings is 1. The predicted octanol–water partition coefficient (Wildman–Crippen LogP) is 3.13. The van der Waals surface area contributed by atoms with Gasteiger partial charge in [-0.15, -0.1) is 0 Å². The normalized spacial score (nSPS) is 10.6. The van der Waals surface area contributed by atoms with Crippen LogP contribution < -0.4 is 4.90 Å². The zero-order valence-electron chi connectivity index (χ0n) is 10.2. The lowest BCUT2D eigenvalue weighted by Crippen LogP contribution is -2.28. The fourth-order valence-corrected chi connectivity index (χ4v) is 1.76. The Morgan fingerprint density at radius 1 is 1.53 bits per heavy atom. The average molecular weight is 258 g/mol. The van der Waals surface area contributed by atoms with Crippen LogP contribution in [0.25, 0.3) is 0 Å². The summed E-state index contributed by atoms with van der Waals surface area (Å²) >= 11 is 5.79. The molecule has 0 unspecified atom stereocenters. The van der Waals surface area contributed by atoms with Gasteiger partial charge in [-0.2, -0.15) is 0 Å². The third-order valence-electron chi connectivity index (χ3n) is 2.27. The quantitative estimate of drug-likeness (QED) is 0.462. The predicted molar refractivity (Wildman–Crippen MR) is 68.6 cm³/mol. The van der Waals surface area contributed by atoms with Gasteiger partial charge in [-0.25, -0.2) is 4.98 Å². The summed E-state index contributed by atoms with van der Waals surface area (Å²) in [7, 11) is 0. The average Bonchev–Trinajstić information content (AvgIpc) is 2.24. The third kappa shape index (κ3) is 3.85. The van der Waals surface area contributed by atoms with Gasteiger partial charge in [0.1, 0.15) is 11.0 Å². The van der Waals surface area contributed by atoms with E-state index in [1.54, 1.807) is 0 Å². The summed E-state index contributed by atoms with van der Waals surface area (Å²) in [5, 5.41) is 10.9. The van der Waals surface area contributed by atoms with Crippen molar-refractivity contribution in [1.29, 1.82) is 0 Å². The van der Waals surface area contributed by atoms with Crippen LogP contribution in [0.5, 0.6) is 0 Å². The first kappa shape index (κ1) is 13.7. The molecule has 0 fully saturated rings. The lowest BCUT2D eigenvalue weighted by Gasteiger charge is -2.23. The largest absolute Gasteiger partial charge is 0.356 e. The van der Waals surface area contributed by atoms with Crippen molar-refractivity contribution in [3.63, 3.8) is 0 Å². The van der Waals surface area contributed by atoms with E-state index in [1.807, 2.05) is 11.8 Å². The van der Waals surface area contributed by atoms with Crippen molar-refractivity contribution in [3.8, 4) is 0 Å². The first-order valence-corrected chi connectivity index (χ1v) is 5.88. The van der Waals surface area contributed by atoms with E-state index in [0.717, 1.165) is 13.1 Å². The second-order valence-electron chi connectivity index (χ2n) is 4.20. The Balaban J connectivity index is 3.06. The molecule has 0 atom stereocenters. The molecule has 0 bridgehead atoms. The van der Waals surface area contributed by atoms with Crippen molar-refractivity contribution in [2.45, 2.75) is 20.8 Å². The molecule has 0 aliphatic rings. The van der Waals surface area contributed by atoms with Crippen LogP contribution in [-0.4, -0.2) is 23.0 Å². The monoisotopic (exact) mass is 257 g/mol. The number of hydrogen-bond acceptors (Lipinski definition) is 4. The SMILES string of the molecule is CCN(CC(C)C)c1cc([N+](=O)[O-])cc(Cl)n1. The first-order chi connectivity index (χ1) is 7.93. The molecule has 5 nitrogen and oxygen atoms in total. The number of aromatic nitrogens is 1. The van der Waals surface area contributed by atoms with Gasteiger partial charge in [-0.1, -0.05) is 25.4 Å². The van der Waals surface area contributed by atoms with Crippen molar-refractivity contribution in [2.75, 3.05) is 18.0 Å². The Morgan fingerprint density at radius 3 is 2.65 bits per heavy atom. The zero-order chi connectivity index (χ0) is 13.0. The van der Waals surface area contributed by atoms with Gasteiger partial charge in [0.05, 0.1) is 17.1 Å². The molecule has 0 radical (unpaired) electrons. The zero-order valence-corrected chi connectivity index (χ0v) is 10.9. The van der Waals surface area contributed by atoms with E-state index in [9.17, 15) is 10.1 Å². The molecule has 0 spiro atoms. The molecule has 0 aliphatic heterocycles. The van der Waals surface area contributed by atoms with Crippen LogP contribution >= 0.6 is 11.6 Å². The van der Waals surface area contributed by atoms with Crippen LogP contribution in [0.4, 0.5) is 11.5 Å². The van der Waals surface area contributed by atoms with Crippen molar-refractivity contribution >= 4 is 23.1 Å². The van der Waals surface area contributed by atoms with Crippen LogP contribution in [-0.2, 0) is 0 Å². The molecular weight excluding hydrogens is 242 g/mol. The maximum absolute atomic E-state index is 10.7. The Kier molecular flexibility index (Phi) is 4.69. The lowest BCUT2D eigenvalue weighted by atomic mass is 10.2. The Labute approximate surface area is 106 Å². The number of nitrogens with zero attached hydrogens (tertiary/aromatic N) is 3. The maximum atomic E-state index is 10.7. The molecule has 1 aromatic heterocycles. The van der Waals surface area contributed by atoms with Gasteiger partial charge in [0.15, 0.2) is 0 Å². The fourth-order valence-electron chi connectivity index (χ4n) is 1.56. The molecular formula is C11H16ClN3O2. The minimum atomic E-state index is -0.458. The van der Waals surface area contributed by atoms with Crippen LogP contribution in [0.15, 0.2) is 12.1 Å². The Hall–Kier alpha value is -1.36. The lowest BCUT2D eigenvalue weighted by molar-refractivity contribution is -0.384. The maximum Gasteiger partial charge on any atom is 0.276 e. The van der Waals surface area contributed by atoms with Crippen molar-refractivity contribution in [1.82, 2.24) is 4.98 Å². The molecule has 94 valence electrons. The molecule has 0 amide bonds. The van der Waals surface area contributed by atoms with E-state index < -0.39 is 4.92 Å². The van der Waals surface area contributed by atoms with Gasteiger partial charge in [-0.3, -0.25) is 10.1 Å². The molecule has 0 aliphatic carbocycles. The molecule has 0 aromatic carbocycles. The second-order valence-corrected chi connectivity index (χ2v) is 4.58. The van der Waals surface area contributed by atoms with E-state index in [1.165, 1.54) is 12.1 Å². The molecule has 1 aromatic rings. The summed E-state index contributed by atoms with van der Waals surface area (Å²) in [6.45, 7) is 7.68. The minimum Gasteiger partial charge on any atom is -0.356 e. The topological polar surface area (TPSA) is 59.3 Å². The number of anilines is 1. The highest BCUT2D eigenvalue weighted by Crippen LogP contribution is 2.23. The van der Waals surface area contributed by atoms with Gasteiger partial charge in [-0.05, 0) is 12.8 Å². The highest BCUT2D eigenvalue weighted by molar-refractivity contribution is 6.29. The third-order valence-corrected chi connectivity index (χ3v) is 2.46. The van der Waals surface area contributed by atoms with Gasteiger partial charge in [0.25, 0.3) is 5.69 Å². The van der Waals surface area contributed by atoms with E-state index >= 15 is 0 Å². The minimum absolute atomic E-state index is 0.0257. The van der Waals surface area contributed by atoms with Gasteiger partial charge >= 0.3 is 0 Å². The summed E-state index contributed by atoms with van der Waals surface area (Å²) in [5.74, 6) is 1.01. The molecule has 1 rings (SSSR count). The molecule has 6 heteroatoms. The van der Waals surface area contributed by atoms with E-state index in [2.05, 4.69) is 18.8 Å². The molecule has 0 N–H and O–H groups in total. The summed E-state index contributed by atoms with van der Waals surface area (Å²) in [6.07, 6.45) is 0. The number of nitro groups is 1. The van der Waals surface area contributed by atoms with Crippen molar-refractivity contribution < 1.29 is 4.92 Å². The van der Waals surface area contributed by atoms with E-state index in [4.69, 9.17) is 11.6 Å². The molecule has 1 heterocycles. The van der Waals surface area contributed by atoms with Crippen LogP contribution in [0.2, 0.25) is 5.15 Å². The summed E-state index contributed by atoms with van der Waals surface area (Å²) in [5.41, 5.74) is -0.0257. The van der Waals surface area contributed by atoms with Crippen LogP contribution in [0.3, 0.4) is 0 Å². The van der Waals surface area contributed by atoms with Crippen LogP contribution in [0, 0.1) is 16.0 Å². The molecule has 0 saturated heterocycles. The van der Waals surface area contributed by atoms with E-state index in [-0.39, 0.29) is 10.8 Å². The first-order valence-electron chi connectivity index (χ1n) is 5.51. The summed E-state index contributed by atoms with van der Waals surface area (Å²) < 4.78 is 0. The highest BCUT2D eigenvalue weighted by atomic mass is 35.5.